The van der Waals surface area contributed by atoms with Gasteiger partial charge in [0.1, 0.15) is 11.6 Å². The number of benzene rings is 2. The van der Waals surface area contributed by atoms with E-state index in [9.17, 15) is 14.9 Å². The van der Waals surface area contributed by atoms with Crippen LogP contribution in [0.1, 0.15) is 16.7 Å². The highest BCUT2D eigenvalue weighted by Gasteiger charge is 2.16. The average Bonchev–Trinajstić information content (AvgIpc) is 2.73. The quantitative estimate of drug-likeness (QED) is 0.340. The Balaban J connectivity index is 2.39. The number of carbonyl (C=O) groups is 2. The number of carbonyl (C=O) groups excluding carboxylic acids is 1. The van der Waals surface area contributed by atoms with Crippen LogP contribution in [0.15, 0.2) is 48.6 Å². The second kappa shape index (κ2) is 10.9. The second-order valence-electron chi connectivity index (χ2n) is 6.47. The zero-order valence-corrected chi connectivity index (χ0v) is 17.8. The van der Waals surface area contributed by atoms with Crippen LogP contribution < -0.4 is 14.8 Å². The number of allylic oxidation sites excluding steroid dienone is 1. The fourth-order valence-electron chi connectivity index (χ4n) is 2.71. The Morgan fingerprint density at radius 1 is 1.32 bits per heavy atom. The Bertz CT molecular complexity index is 1090. The van der Waals surface area contributed by atoms with E-state index in [1.807, 2.05) is 13.0 Å². The Hall–Kier alpha value is -3.76. The number of hydrogen-bond donors (Lipinski definition) is 2. The van der Waals surface area contributed by atoms with E-state index in [0.717, 1.165) is 5.56 Å². The SMILES string of the molecule is C=CCc1cc(C=C(C#N)C(=O)Nc2ccc(C)c(Cl)c2)cc(OC)c1OCC(=O)O. The Morgan fingerprint density at radius 2 is 2.06 bits per heavy atom. The highest BCUT2D eigenvalue weighted by molar-refractivity contribution is 6.31. The molecule has 1 amide bonds. The standard InChI is InChI=1S/C23H21ClN2O5/c1-4-5-16-8-15(10-20(30-3)22(16)31-13-21(27)28)9-17(12-25)23(29)26-18-7-6-14(2)19(24)11-18/h4,6-11H,1,5,13H2,2-3H3,(H,26,29)(H,27,28). The largest absolute Gasteiger partial charge is 0.493 e. The maximum absolute atomic E-state index is 12.6. The smallest absolute Gasteiger partial charge is 0.341 e. The van der Waals surface area contributed by atoms with Gasteiger partial charge in [-0.25, -0.2) is 4.79 Å². The van der Waals surface area contributed by atoms with Crippen molar-refractivity contribution in [1.82, 2.24) is 0 Å². The van der Waals surface area contributed by atoms with Gasteiger partial charge in [0.25, 0.3) is 5.91 Å². The van der Waals surface area contributed by atoms with Crippen LogP contribution in [-0.4, -0.2) is 30.7 Å². The average molecular weight is 441 g/mol. The lowest BCUT2D eigenvalue weighted by Crippen LogP contribution is -2.13. The van der Waals surface area contributed by atoms with Crippen LogP contribution in [0, 0.1) is 18.3 Å². The molecule has 0 fully saturated rings. The second-order valence-corrected chi connectivity index (χ2v) is 6.88. The third-order valence-corrected chi connectivity index (χ3v) is 4.59. The maximum atomic E-state index is 12.6. The molecule has 0 heterocycles. The van der Waals surface area contributed by atoms with E-state index in [0.29, 0.717) is 28.3 Å². The molecule has 0 saturated carbocycles. The lowest BCUT2D eigenvalue weighted by molar-refractivity contribution is -0.139. The van der Waals surface area contributed by atoms with Crippen molar-refractivity contribution in [2.24, 2.45) is 0 Å². The van der Waals surface area contributed by atoms with Crippen LogP contribution in [-0.2, 0) is 16.0 Å². The molecule has 0 aliphatic heterocycles. The summed E-state index contributed by atoms with van der Waals surface area (Å²) in [6.45, 7) is 4.99. The first-order valence-electron chi connectivity index (χ1n) is 9.14. The van der Waals surface area contributed by atoms with E-state index in [-0.39, 0.29) is 17.1 Å². The molecule has 0 unspecified atom stereocenters. The summed E-state index contributed by atoms with van der Waals surface area (Å²) in [6.07, 6.45) is 3.39. The van der Waals surface area contributed by atoms with Gasteiger partial charge in [0.2, 0.25) is 0 Å². The first-order chi connectivity index (χ1) is 14.8. The molecule has 31 heavy (non-hydrogen) atoms. The van der Waals surface area contributed by atoms with E-state index in [2.05, 4.69) is 11.9 Å². The Labute approximate surface area is 185 Å². The molecule has 0 aliphatic carbocycles. The van der Waals surface area contributed by atoms with Crippen molar-refractivity contribution in [2.45, 2.75) is 13.3 Å². The number of aryl methyl sites for hydroxylation is 1. The van der Waals surface area contributed by atoms with Gasteiger partial charge >= 0.3 is 5.97 Å². The number of methoxy groups -OCH3 is 1. The molecule has 0 aromatic heterocycles. The molecule has 7 nitrogen and oxygen atoms in total. The van der Waals surface area contributed by atoms with E-state index >= 15 is 0 Å². The molecular formula is C23H21ClN2O5. The van der Waals surface area contributed by atoms with Crippen LogP contribution in [0.3, 0.4) is 0 Å². The molecule has 0 bridgehead atoms. The van der Waals surface area contributed by atoms with Crippen LogP contribution >= 0.6 is 11.6 Å². The number of rotatable bonds is 9. The van der Waals surface area contributed by atoms with Gasteiger partial charge in [-0.1, -0.05) is 23.7 Å². The van der Waals surface area contributed by atoms with Gasteiger partial charge in [-0.3, -0.25) is 4.79 Å². The van der Waals surface area contributed by atoms with E-state index in [1.165, 1.54) is 13.2 Å². The number of carboxylic acid groups (broad SMARTS) is 1. The van der Waals surface area contributed by atoms with Gasteiger partial charge in [0.15, 0.2) is 18.1 Å². The van der Waals surface area contributed by atoms with Crippen molar-refractivity contribution in [2.75, 3.05) is 19.0 Å². The molecule has 2 N–H and O–H groups in total. The van der Waals surface area contributed by atoms with Crippen molar-refractivity contribution in [1.29, 1.82) is 5.26 Å². The summed E-state index contributed by atoms with van der Waals surface area (Å²) in [6, 6.07) is 10.2. The molecule has 0 atom stereocenters. The van der Waals surface area contributed by atoms with Crippen LogP contribution in [0.4, 0.5) is 5.69 Å². The highest BCUT2D eigenvalue weighted by atomic mass is 35.5. The van der Waals surface area contributed by atoms with Gasteiger partial charge in [0, 0.05) is 16.3 Å². The van der Waals surface area contributed by atoms with E-state index in [4.69, 9.17) is 26.2 Å². The topological polar surface area (TPSA) is 109 Å². The molecule has 0 spiro atoms. The van der Waals surface area contributed by atoms with Crippen molar-refractivity contribution in [3.05, 3.63) is 70.3 Å². The van der Waals surface area contributed by atoms with Crippen molar-refractivity contribution in [3.63, 3.8) is 0 Å². The molecule has 8 heteroatoms. The zero-order valence-electron chi connectivity index (χ0n) is 17.1. The van der Waals surface area contributed by atoms with E-state index < -0.39 is 18.5 Å². The number of nitrogens with zero attached hydrogens (tertiary/aromatic N) is 1. The summed E-state index contributed by atoms with van der Waals surface area (Å²) in [5, 5.41) is 21.5. The molecule has 2 aromatic carbocycles. The predicted molar refractivity (Wildman–Crippen MR) is 118 cm³/mol. The van der Waals surface area contributed by atoms with Crippen molar-refractivity contribution >= 4 is 35.2 Å². The van der Waals surface area contributed by atoms with Crippen molar-refractivity contribution < 1.29 is 24.2 Å². The molecule has 0 aliphatic rings. The number of amides is 1. The van der Waals surface area contributed by atoms with Gasteiger partial charge < -0.3 is 19.9 Å². The normalized spacial score (nSPS) is 10.7. The fraction of sp³-hybridized carbons (Fsp3) is 0.174. The van der Waals surface area contributed by atoms with Crippen molar-refractivity contribution in [3.8, 4) is 17.6 Å². The predicted octanol–water partition coefficient (Wildman–Crippen LogP) is 4.39. The molecule has 2 rings (SSSR count). The summed E-state index contributed by atoms with van der Waals surface area (Å²) < 4.78 is 10.7. The molecule has 0 radical (unpaired) electrons. The minimum Gasteiger partial charge on any atom is -0.493 e. The van der Waals surface area contributed by atoms with Gasteiger partial charge in [-0.15, -0.1) is 6.58 Å². The summed E-state index contributed by atoms with van der Waals surface area (Å²) in [7, 11) is 1.41. The number of ether oxygens (including phenoxy) is 2. The van der Waals surface area contributed by atoms with Crippen LogP contribution in [0.25, 0.3) is 6.08 Å². The fourth-order valence-corrected chi connectivity index (χ4v) is 2.89. The third-order valence-electron chi connectivity index (χ3n) is 4.18. The first kappa shape index (κ1) is 23.5. The molecule has 160 valence electrons. The Morgan fingerprint density at radius 3 is 2.65 bits per heavy atom. The summed E-state index contributed by atoms with van der Waals surface area (Å²) in [4.78, 5) is 23.4. The number of nitrogens with one attached hydrogen (secondary N) is 1. The number of aliphatic carboxylic acids is 1. The molecular weight excluding hydrogens is 420 g/mol. The van der Waals surface area contributed by atoms with Gasteiger partial charge in [0.05, 0.1) is 7.11 Å². The zero-order chi connectivity index (χ0) is 23.0. The number of carboxylic acids is 1. The summed E-state index contributed by atoms with van der Waals surface area (Å²) in [5.41, 5.74) is 2.30. The highest BCUT2D eigenvalue weighted by Crippen LogP contribution is 2.34. The first-order valence-corrected chi connectivity index (χ1v) is 9.52. The van der Waals surface area contributed by atoms with Crippen LogP contribution in [0.5, 0.6) is 11.5 Å². The minimum atomic E-state index is -1.13. The number of anilines is 1. The van der Waals surface area contributed by atoms with Gasteiger partial charge in [-0.05, 0) is 54.8 Å². The number of hydrogen-bond acceptors (Lipinski definition) is 5. The summed E-state index contributed by atoms with van der Waals surface area (Å²) in [5.74, 6) is -1.19. The molecule has 2 aromatic rings. The Kier molecular flexibility index (Phi) is 8.24. The maximum Gasteiger partial charge on any atom is 0.341 e. The molecule has 0 saturated heterocycles. The minimum absolute atomic E-state index is 0.137. The monoisotopic (exact) mass is 440 g/mol. The lowest BCUT2D eigenvalue weighted by Gasteiger charge is -2.15. The number of nitriles is 1. The lowest BCUT2D eigenvalue weighted by atomic mass is 10.0. The van der Waals surface area contributed by atoms with Crippen LogP contribution in [0.2, 0.25) is 5.02 Å². The summed E-state index contributed by atoms with van der Waals surface area (Å²) >= 11 is 6.08. The third kappa shape index (κ3) is 6.36. The van der Waals surface area contributed by atoms with Gasteiger partial charge in [-0.2, -0.15) is 5.26 Å². The van der Waals surface area contributed by atoms with E-state index in [1.54, 1.807) is 36.4 Å². The number of halogens is 1.